The lowest BCUT2D eigenvalue weighted by Gasteiger charge is -2.27. The second kappa shape index (κ2) is 6.19. The molecule has 0 amide bonds. The molecule has 4 heteroatoms. The summed E-state index contributed by atoms with van der Waals surface area (Å²) in [5.74, 6) is 0. The largest absolute Gasteiger partial charge is 0.303 e. The zero-order valence-electron chi connectivity index (χ0n) is 13.3. The van der Waals surface area contributed by atoms with Crippen LogP contribution in [0.1, 0.15) is 50.1 Å². The van der Waals surface area contributed by atoms with Crippen LogP contribution in [0.4, 0.5) is 0 Å². The summed E-state index contributed by atoms with van der Waals surface area (Å²) in [5.41, 5.74) is 1.35. The lowest BCUT2D eigenvalue weighted by Crippen LogP contribution is -2.35. The lowest BCUT2D eigenvalue weighted by atomic mass is 9.94. The minimum Gasteiger partial charge on any atom is -0.303 e. The van der Waals surface area contributed by atoms with Gasteiger partial charge in [-0.1, -0.05) is 48.8 Å². The van der Waals surface area contributed by atoms with Gasteiger partial charge in [-0.05, 0) is 31.5 Å². The zero-order valence-corrected chi connectivity index (χ0v) is 15.7. The maximum atomic E-state index is 4.54. The third kappa shape index (κ3) is 4.38. The molecular weight excluding hydrogens is 344 g/mol. The van der Waals surface area contributed by atoms with Crippen molar-refractivity contribution >= 4 is 27.3 Å². The first kappa shape index (κ1) is 16.7. The van der Waals surface area contributed by atoms with Crippen molar-refractivity contribution in [2.45, 2.75) is 52.1 Å². The van der Waals surface area contributed by atoms with Gasteiger partial charge in [0.05, 0.1) is 5.01 Å². The van der Waals surface area contributed by atoms with Crippen LogP contribution >= 0.6 is 27.3 Å². The molecule has 0 aliphatic carbocycles. The Hall–Kier alpha value is -0.710. The molecule has 0 atom stereocenters. The fraction of sp³-hybridized carbons (Fsp3) is 0.471. The van der Waals surface area contributed by atoms with Crippen LogP contribution in [0.3, 0.4) is 0 Å². The number of halogens is 1. The summed E-state index contributed by atoms with van der Waals surface area (Å²) < 4.78 is 1.11. The molecule has 0 fully saturated rings. The van der Waals surface area contributed by atoms with Crippen molar-refractivity contribution in [3.05, 3.63) is 50.4 Å². The summed E-state index contributed by atoms with van der Waals surface area (Å²) >= 11 is 5.28. The van der Waals surface area contributed by atoms with Crippen LogP contribution in [-0.4, -0.2) is 4.98 Å². The highest BCUT2D eigenvalue weighted by Gasteiger charge is 2.21. The average molecular weight is 367 g/mol. The second-order valence-electron chi connectivity index (χ2n) is 6.87. The van der Waals surface area contributed by atoms with E-state index in [9.17, 15) is 0 Å². The quantitative estimate of drug-likeness (QED) is 0.801. The summed E-state index contributed by atoms with van der Waals surface area (Å²) in [6, 6.07) is 8.49. The molecule has 1 aromatic carbocycles. The van der Waals surface area contributed by atoms with Crippen molar-refractivity contribution in [2.24, 2.45) is 0 Å². The monoisotopic (exact) mass is 366 g/mol. The van der Waals surface area contributed by atoms with E-state index >= 15 is 0 Å². The van der Waals surface area contributed by atoms with E-state index < -0.39 is 0 Å². The highest BCUT2D eigenvalue weighted by molar-refractivity contribution is 9.10. The Balaban J connectivity index is 2.04. The van der Waals surface area contributed by atoms with Crippen LogP contribution < -0.4 is 5.32 Å². The molecule has 1 heterocycles. The minimum absolute atomic E-state index is 0.0629. The zero-order chi connectivity index (χ0) is 15.7. The Bertz CT molecular complexity index is 594. The number of aromatic nitrogens is 1. The molecule has 0 aliphatic heterocycles. The lowest BCUT2D eigenvalue weighted by molar-refractivity contribution is 0.403. The predicted octanol–water partition coefficient (Wildman–Crippen LogP) is 5.23. The third-order valence-corrected chi connectivity index (χ3v) is 5.42. The van der Waals surface area contributed by atoms with Gasteiger partial charge in [0.25, 0.3) is 0 Å². The van der Waals surface area contributed by atoms with Gasteiger partial charge in [-0.3, -0.25) is 0 Å². The summed E-state index contributed by atoms with van der Waals surface area (Å²) in [7, 11) is 0. The van der Waals surface area contributed by atoms with E-state index in [1.807, 2.05) is 6.20 Å². The van der Waals surface area contributed by atoms with Crippen LogP contribution in [0.5, 0.6) is 0 Å². The standard InChI is InChI=1S/C17H23BrN2S/c1-16(2,3)15-19-10-14(21-15)11-20-17(4,5)12-6-8-13(18)9-7-12/h6-10,20H,11H2,1-5H3. The molecule has 0 saturated heterocycles. The van der Waals surface area contributed by atoms with Crippen molar-refractivity contribution in [1.29, 1.82) is 0 Å². The molecule has 1 aromatic heterocycles. The van der Waals surface area contributed by atoms with Gasteiger partial charge in [0, 0.05) is 33.0 Å². The summed E-state index contributed by atoms with van der Waals surface area (Å²) in [6.45, 7) is 11.9. The molecule has 2 aromatic rings. The topological polar surface area (TPSA) is 24.9 Å². The number of thiazole rings is 1. The Labute approximate surface area is 140 Å². The number of benzene rings is 1. The van der Waals surface area contributed by atoms with Gasteiger partial charge >= 0.3 is 0 Å². The van der Waals surface area contributed by atoms with Crippen LogP contribution in [0.2, 0.25) is 0 Å². The van der Waals surface area contributed by atoms with E-state index in [0.29, 0.717) is 0 Å². The van der Waals surface area contributed by atoms with Crippen LogP contribution in [-0.2, 0) is 17.5 Å². The highest BCUT2D eigenvalue weighted by atomic mass is 79.9. The van der Waals surface area contributed by atoms with E-state index in [1.165, 1.54) is 15.4 Å². The van der Waals surface area contributed by atoms with E-state index in [-0.39, 0.29) is 11.0 Å². The highest BCUT2D eigenvalue weighted by Crippen LogP contribution is 2.28. The van der Waals surface area contributed by atoms with Gasteiger partial charge in [0.15, 0.2) is 0 Å². The molecule has 0 aliphatic rings. The van der Waals surface area contributed by atoms with E-state index in [2.05, 4.69) is 85.1 Å². The van der Waals surface area contributed by atoms with Gasteiger partial charge < -0.3 is 5.32 Å². The van der Waals surface area contributed by atoms with Crippen molar-refractivity contribution in [3.8, 4) is 0 Å². The van der Waals surface area contributed by atoms with Crippen molar-refractivity contribution in [2.75, 3.05) is 0 Å². The second-order valence-corrected chi connectivity index (χ2v) is 8.90. The van der Waals surface area contributed by atoms with Crippen LogP contribution in [0.25, 0.3) is 0 Å². The number of rotatable bonds is 4. The number of nitrogens with one attached hydrogen (secondary N) is 1. The molecule has 0 unspecified atom stereocenters. The van der Waals surface area contributed by atoms with Gasteiger partial charge in [0.2, 0.25) is 0 Å². The van der Waals surface area contributed by atoms with E-state index in [4.69, 9.17) is 0 Å². The Kier molecular flexibility index (Phi) is 4.91. The predicted molar refractivity (Wildman–Crippen MR) is 94.8 cm³/mol. The normalized spacial score (nSPS) is 12.7. The first-order valence-electron chi connectivity index (χ1n) is 7.15. The number of nitrogens with zero attached hydrogens (tertiary/aromatic N) is 1. The number of hydrogen-bond donors (Lipinski definition) is 1. The van der Waals surface area contributed by atoms with Crippen molar-refractivity contribution in [3.63, 3.8) is 0 Å². The van der Waals surface area contributed by atoms with Gasteiger partial charge in [-0.15, -0.1) is 11.3 Å². The third-order valence-electron chi connectivity index (χ3n) is 3.47. The maximum absolute atomic E-state index is 4.54. The van der Waals surface area contributed by atoms with Crippen molar-refractivity contribution in [1.82, 2.24) is 10.3 Å². The van der Waals surface area contributed by atoms with Gasteiger partial charge in [-0.2, -0.15) is 0 Å². The molecule has 114 valence electrons. The molecular formula is C17H23BrN2S. The van der Waals surface area contributed by atoms with Gasteiger partial charge in [0.1, 0.15) is 0 Å². The fourth-order valence-corrected chi connectivity index (χ4v) is 3.19. The SMILES string of the molecule is CC(C)(C)c1ncc(CNC(C)(C)c2ccc(Br)cc2)s1. The van der Waals surface area contributed by atoms with Crippen LogP contribution in [0, 0.1) is 0 Å². The molecule has 0 bridgehead atoms. The molecule has 0 radical (unpaired) electrons. The Morgan fingerprint density at radius 1 is 1.10 bits per heavy atom. The average Bonchev–Trinajstić information content (AvgIpc) is 2.86. The molecule has 0 spiro atoms. The minimum atomic E-state index is -0.0629. The summed E-state index contributed by atoms with van der Waals surface area (Å²) in [5, 5.41) is 4.83. The summed E-state index contributed by atoms with van der Waals surface area (Å²) in [6.07, 6.45) is 2.00. The molecule has 2 rings (SSSR count). The van der Waals surface area contributed by atoms with E-state index in [1.54, 1.807) is 11.3 Å². The Morgan fingerprint density at radius 2 is 1.71 bits per heavy atom. The molecule has 2 nitrogen and oxygen atoms in total. The van der Waals surface area contributed by atoms with Gasteiger partial charge in [-0.25, -0.2) is 4.98 Å². The smallest absolute Gasteiger partial charge is 0.0981 e. The molecule has 21 heavy (non-hydrogen) atoms. The molecule has 1 N–H and O–H groups in total. The van der Waals surface area contributed by atoms with Crippen molar-refractivity contribution < 1.29 is 0 Å². The first-order chi connectivity index (χ1) is 9.68. The molecule has 0 saturated carbocycles. The van der Waals surface area contributed by atoms with Crippen LogP contribution in [0.15, 0.2) is 34.9 Å². The number of hydrogen-bond acceptors (Lipinski definition) is 3. The van der Waals surface area contributed by atoms with E-state index in [0.717, 1.165) is 11.0 Å². The summed E-state index contributed by atoms with van der Waals surface area (Å²) in [4.78, 5) is 5.83. The fourth-order valence-electron chi connectivity index (χ4n) is 2.01. The maximum Gasteiger partial charge on any atom is 0.0981 e. The Morgan fingerprint density at radius 3 is 2.24 bits per heavy atom. The first-order valence-corrected chi connectivity index (χ1v) is 8.76.